The highest BCUT2D eigenvalue weighted by atomic mass is 35.5. The number of benzene rings is 1. The molecule has 2 aromatic rings. The van der Waals surface area contributed by atoms with Crippen molar-refractivity contribution in [3.63, 3.8) is 0 Å². The average Bonchev–Trinajstić information content (AvgIpc) is 2.75. The summed E-state index contributed by atoms with van der Waals surface area (Å²) in [6, 6.07) is 6.89. The smallest absolute Gasteiger partial charge is 0.0988 e. The Labute approximate surface area is 106 Å². The van der Waals surface area contributed by atoms with Gasteiger partial charge in [0.1, 0.15) is 0 Å². The molecule has 1 aliphatic heterocycles. The first-order valence-corrected chi connectivity index (χ1v) is 5.87. The molecular formula is C13H15ClN2O. The number of rotatable bonds is 0. The molecule has 1 saturated heterocycles. The topological polar surface area (TPSA) is 37.0 Å². The van der Waals surface area contributed by atoms with Crippen LogP contribution in [0.3, 0.4) is 0 Å². The van der Waals surface area contributed by atoms with Crippen LogP contribution < -0.4 is 5.32 Å². The number of morpholine rings is 1. The van der Waals surface area contributed by atoms with E-state index in [-0.39, 0.29) is 18.5 Å². The molecule has 0 amide bonds. The molecule has 2 atom stereocenters. The van der Waals surface area contributed by atoms with Crippen molar-refractivity contribution < 1.29 is 4.74 Å². The van der Waals surface area contributed by atoms with Crippen molar-refractivity contribution in [2.45, 2.75) is 18.6 Å². The van der Waals surface area contributed by atoms with E-state index >= 15 is 0 Å². The predicted octanol–water partition coefficient (Wildman–Crippen LogP) is 2.18. The zero-order chi connectivity index (χ0) is 10.5. The second-order valence-electron chi connectivity index (χ2n) is 4.64. The Hall–Kier alpha value is -1.03. The molecule has 4 rings (SSSR count). The molecule has 0 spiro atoms. The van der Waals surface area contributed by atoms with Gasteiger partial charge in [-0.1, -0.05) is 12.1 Å². The molecule has 2 N–H and O–H groups in total. The van der Waals surface area contributed by atoms with Gasteiger partial charge in [0.2, 0.25) is 0 Å². The van der Waals surface area contributed by atoms with Crippen LogP contribution in [-0.2, 0) is 11.2 Å². The maximum atomic E-state index is 5.92. The maximum Gasteiger partial charge on any atom is 0.0988 e. The fourth-order valence-corrected chi connectivity index (χ4v) is 3.06. The first-order chi connectivity index (χ1) is 7.93. The van der Waals surface area contributed by atoms with E-state index in [0.29, 0.717) is 6.04 Å². The molecule has 1 aromatic carbocycles. The van der Waals surface area contributed by atoms with Crippen LogP contribution >= 0.6 is 12.4 Å². The van der Waals surface area contributed by atoms with Crippen molar-refractivity contribution >= 4 is 23.3 Å². The van der Waals surface area contributed by atoms with Gasteiger partial charge in [-0.25, -0.2) is 0 Å². The van der Waals surface area contributed by atoms with Gasteiger partial charge in [0.25, 0.3) is 0 Å². The van der Waals surface area contributed by atoms with E-state index < -0.39 is 0 Å². The summed E-state index contributed by atoms with van der Waals surface area (Å²) in [6.07, 6.45) is 3.45. The summed E-state index contributed by atoms with van der Waals surface area (Å²) in [5, 5.41) is 4.94. The number of aromatic amines is 1. The SMILES string of the molecule is Cl.c1cc2c3c(c[nH]c3c1)CC1NCCOC21. The highest BCUT2D eigenvalue weighted by Gasteiger charge is 2.33. The largest absolute Gasteiger partial charge is 0.371 e. The quantitative estimate of drug-likeness (QED) is 0.752. The minimum Gasteiger partial charge on any atom is -0.371 e. The van der Waals surface area contributed by atoms with E-state index in [0.717, 1.165) is 19.6 Å². The highest BCUT2D eigenvalue weighted by molar-refractivity contribution is 5.88. The lowest BCUT2D eigenvalue weighted by Crippen LogP contribution is -2.46. The summed E-state index contributed by atoms with van der Waals surface area (Å²) in [7, 11) is 0. The van der Waals surface area contributed by atoms with Gasteiger partial charge in [-0.3, -0.25) is 0 Å². The lowest BCUT2D eigenvalue weighted by molar-refractivity contribution is -0.00620. The molecule has 1 fully saturated rings. The monoisotopic (exact) mass is 250 g/mol. The van der Waals surface area contributed by atoms with Crippen LogP contribution in [0, 0.1) is 0 Å². The molecule has 0 bridgehead atoms. The van der Waals surface area contributed by atoms with Gasteiger partial charge < -0.3 is 15.0 Å². The van der Waals surface area contributed by atoms with Gasteiger partial charge in [-0.05, 0) is 23.6 Å². The maximum absolute atomic E-state index is 5.92. The molecule has 90 valence electrons. The van der Waals surface area contributed by atoms with Gasteiger partial charge in [0.05, 0.1) is 12.7 Å². The number of H-pyrrole nitrogens is 1. The Balaban J connectivity index is 0.000000902. The molecule has 0 radical (unpaired) electrons. The minimum atomic E-state index is 0. The van der Waals surface area contributed by atoms with Crippen molar-refractivity contribution in [3.05, 3.63) is 35.5 Å². The van der Waals surface area contributed by atoms with Crippen LogP contribution in [0.5, 0.6) is 0 Å². The molecule has 4 heteroatoms. The highest BCUT2D eigenvalue weighted by Crippen LogP contribution is 2.38. The van der Waals surface area contributed by atoms with Gasteiger partial charge in [-0.15, -0.1) is 12.4 Å². The summed E-state index contributed by atoms with van der Waals surface area (Å²) in [4.78, 5) is 3.35. The number of hydrogen-bond acceptors (Lipinski definition) is 2. The fourth-order valence-electron chi connectivity index (χ4n) is 3.06. The molecular weight excluding hydrogens is 236 g/mol. The number of aromatic nitrogens is 1. The van der Waals surface area contributed by atoms with Crippen LogP contribution in [0.4, 0.5) is 0 Å². The summed E-state index contributed by atoms with van der Waals surface area (Å²) in [6.45, 7) is 1.79. The Morgan fingerprint density at radius 3 is 3.18 bits per heavy atom. The minimum absolute atomic E-state index is 0. The number of hydrogen-bond donors (Lipinski definition) is 2. The molecule has 1 aromatic heterocycles. The third-order valence-electron chi connectivity index (χ3n) is 3.74. The molecule has 2 aliphatic rings. The summed E-state index contributed by atoms with van der Waals surface area (Å²) >= 11 is 0. The third-order valence-corrected chi connectivity index (χ3v) is 3.74. The van der Waals surface area contributed by atoms with Crippen LogP contribution in [0.1, 0.15) is 17.2 Å². The van der Waals surface area contributed by atoms with Crippen molar-refractivity contribution in [3.8, 4) is 0 Å². The second-order valence-corrected chi connectivity index (χ2v) is 4.64. The van der Waals surface area contributed by atoms with Crippen LogP contribution in [0.2, 0.25) is 0 Å². The number of fused-ring (bicyclic) bond motifs is 2. The first kappa shape index (κ1) is 11.1. The molecule has 1 aliphatic carbocycles. The molecule has 2 unspecified atom stereocenters. The van der Waals surface area contributed by atoms with Gasteiger partial charge >= 0.3 is 0 Å². The van der Waals surface area contributed by atoms with E-state index in [2.05, 4.69) is 34.7 Å². The predicted molar refractivity (Wildman–Crippen MR) is 69.7 cm³/mol. The van der Waals surface area contributed by atoms with E-state index in [1.807, 2.05) is 0 Å². The standard InChI is InChI=1S/C13H14N2O.ClH/c1-2-9-12-8(7-15-10(12)3-1)6-11-13(9)16-5-4-14-11;/h1-3,7,11,13-15H,4-6H2;1H. The first-order valence-electron chi connectivity index (χ1n) is 5.87. The summed E-state index contributed by atoms with van der Waals surface area (Å²) in [5.74, 6) is 0. The Bertz CT molecular complexity index is 551. The normalized spacial score (nSPS) is 26.4. The van der Waals surface area contributed by atoms with Crippen molar-refractivity contribution in [1.29, 1.82) is 0 Å². The molecule has 0 saturated carbocycles. The van der Waals surface area contributed by atoms with Crippen LogP contribution in [0.15, 0.2) is 24.4 Å². The lowest BCUT2D eigenvalue weighted by Gasteiger charge is -2.36. The van der Waals surface area contributed by atoms with E-state index in [1.54, 1.807) is 0 Å². The van der Waals surface area contributed by atoms with Gasteiger partial charge in [0, 0.05) is 29.7 Å². The van der Waals surface area contributed by atoms with Gasteiger partial charge in [0.15, 0.2) is 0 Å². The van der Waals surface area contributed by atoms with E-state index in [4.69, 9.17) is 4.74 Å². The van der Waals surface area contributed by atoms with Gasteiger partial charge in [-0.2, -0.15) is 0 Å². The zero-order valence-corrected chi connectivity index (χ0v) is 10.2. The summed E-state index contributed by atoms with van der Waals surface area (Å²) in [5.41, 5.74) is 4.00. The number of ether oxygens (including phenoxy) is 1. The average molecular weight is 251 g/mol. The molecule has 2 heterocycles. The second kappa shape index (κ2) is 4.02. The lowest BCUT2D eigenvalue weighted by atomic mass is 9.86. The molecule has 3 nitrogen and oxygen atoms in total. The van der Waals surface area contributed by atoms with E-state index in [9.17, 15) is 0 Å². The fraction of sp³-hybridized carbons (Fsp3) is 0.385. The van der Waals surface area contributed by atoms with Crippen LogP contribution in [-0.4, -0.2) is 24.2 Å². The Kier molecular flexibility index (Phi) is 2.62. The van der Waals surface area contributed by atoms with Crippen molar-refractivity contribution in [2.75, 3.05) is 13.2 Å². The zero-order valence-electron chi connectivity index (χ0n) is 9.40. The number of halogens is 1. The number of nitrogens with one attached hydrogen (secondary N) is 2. The van der Waals surface area contributed by atoms with Crippen molar-refractivity contribution in [1.82, 2.24) is 10.3 Å². The van der Waals surface area contributed by atoms with Crippen LogP contribution in [0.25, 0.3) is 10.9 Å². The van der Waals surface area contributed by atoms with Crippen molar-refractivity contribution in [2.24, 2.45) is 0 Å². The third kappa shape index (κ3) is 1.50. The summed E-state index contributed by atoms with van der Waals surface area (Å²) < 4.78 is 5.92. The Morgan fingerprint density at radius 1 is 1.29 bits per heavy atom. The molecule has 17 heavy (non-hydrogen) atoms. The Morgan fingerprint density at radius 2 is 2.24 bits per heavy atom. The van der Waals surface area contributed by atoms with E-state index in [1.165, 1.54) is 22.0 Å².